The highest BCUT2D eigenvalue weighted by Gasteiger charge is 2.27. The molecule has 0 atom stereocenters. The van der Waals surface area contributed by atoms with Crippen molar-refractivity contribution in [2.75, 3.05) is 0 Å². The van der Waals surface area contributed by atoms with Gasteiger partial charge in [-0.1, -0.05) is 41.0 Å². The highest BCUT2D eigenvalue weighted by atomic mass is 35.5. The molecule has 0 spiro atoms. The number of tetrazole rings is 1. The molecular weight excluding hydrogens is 291 g/mol. The van der Waals surface area contributed by atoms with Gasteiger partial charge in [-0.15, -0.1) is 5.10 Å². The van der Waals surface area contributed by atoms with Crippen molar-refractivity contribution < 1.29 is 0 Å². The molecule has 0 saturated heterocycles. The number of benzene rings is 1. The first-order valence-electron chi connectivity index (χ1n) is 5.58. The molecule has 18 heavy (non-hydrogen) atoms. The molecule has 0 N–H and O–H groups in total. The van der Waals surface area contributed by atoms with Crippen molar-refractivity contribution in [2.24, 2.45) is 0 Å². The largest absolute Gasteiger partial charge is 0.217 e. The summed E-state index contributed by atoms with van der Waals surface area (Å²) in [6.07, 6.45) is 2.34. The van der Waals surface area contributed by atoms with Gasteiger partial charge in [0.25, 0.3) is 0 Å². The molecule has 1 fully saturated rings. The zero-order chi connectivity index (χ0) is 12.5. The van der Waals surface area contributed by atoms with Crippen LogP contribution in [-0.4, -0.2) is 20.2 Å². The minimum atomic E-state index is 0.497. The summed E-state index contributed by atoms with van der Waals surface area (Å²) in [6, 6.07) is 6.15. The van der Waals surface area contributed by atoms with Crippen LogP contribution in [0.1, 0.15) is 24.4 Å². The quantitative estimate of drug-likeness (QED) is 0.809. The maximum Gasteiger partial charge on any atom is 0.209 e. The van der Waals surface area contributed by atoms with Gasteiger partial charge in [-0.05, 0) is 41.0 Å². The lowest BCUT2D eigenvalue weighted by atomic mass is 10.2. The number of halogens is 2. The van der Waals surface area contributed by atoms with E-state index >= 15 is 0 Å². The van der Waals surface area contributed by atoms with Crippen molar-refractivity contribution in [1.29, 1.82) is 0 Å². The van der Waals surface area contributed by atoms with E-state index in [1.807, 2.05) is 22.9 Å². The summed E-state index contributed by atoms with van der Waals surface area (Å²) in [5.41, 5.74) is 1.11. The molecule has 4 nitrogen and oxygen atoms in total. The summed E-state index contributed by atoms with van der Waals surface area (Å²) in [5, 5.41) is 13.8. The Hall–Kier alpha value is -0.780. The third-order valence-corrected chi connectivity index (χ3v) is 4.45. The Bertz CT molecular complexity index is 568. The molecule has 2 aromatic rings. The van der Waals surface area contributed by atoms with Gasteiger partial charge in [-0.3, -0.25) is 0 Å². The second-order valence-electron chi connectivity index (χ2n) is 4.17. The Morgan fingerprint density at radius 2 is 2.11 bits per heavy atom. The fourth-order valence-electron chi connectivity index (χ4n) is 1.61. The van der Waals surface area contributed by atoms with Gasteiger partial charge >= 0.3 is 0 Å². The first kappa shape index (κ1) is 12.3. The van der Waals surface area contributed by atoms with Gasteiger partial charge in [0.05, 0.1) is 16.1 Å². The normalized spacial score (nSPS) is 15.0. The van der Waals surface area contributed by atoms with Gasteiger partial charge in [0.15, 0.2) is 0 Å². The van der Waals surface area contributed by atoms with Crippen LogP contribution in [0.5, 0.6) is 0 Å². The number of hydrogen-bond donors (Lipinski definition) is 0. The van der Waals surface area contributed by atoms with E-state index < -0.39 is 0 Å². The smallest absolute Gasteiger partial charge is 0.209 e. The maximum absolute atomic E-state index is 5.98. The van der Waals surface area contributed by atoms with Crippen LogP contribution in [0.2, 0.25) is 10.0 Å². The molecule has 0 amide bonds. The number of hydrogen-bond acceptors (Lipinski definition) is 4. The minimum Gasteiger partial charge on any atom is -0.217 e. The van der Waals surface area contributed by atoms with Crippen molar-refractivity contribution in [3.63, 3.8) is 0 Å². The molecule has 1 aliphatic rings. The van der Waals surface area contributed by atoms with Crippen LogP contribution in [0.25, 0.3) is 0 Å². The van der Waals surface area contributed by atoms with E-state index in [4.69, 9.17) is 23.2 Å². The average Bonchev–Trinajstić information content (AvgIpc) is 3.10. The first-order valence-corrected chi connectivity index (χ1v) is 7.33. The topological polar surface area (TPSA) is 43.6 Å². The van der Waals surface area contributed by atoms with Gasteiger partial charge in [-0.25, -0.2) is 4.68 Å². The zero-order valence-electron chi connectivity index (χ0n) is 9.38. The molecule has 3 rings (SSSR count). The summed E-state index contributed by atoms with van der Waals surface area (Å²) < 4.78 is 1.90. The third-order valence-electron chi connectivity index (χ3n) is 2.71. The van der Waals surface area contributed by atoms with Gasteiger partial charge in [0.1, 0.15) is 0 Å². The monoisotopic (exact) mass is 300 g/mol. The summed E-state index contributed by atoms with van der Waals surface area (Å²) in [5.74, 6) is 0.782. The van der Waals surface area contributed by atoms with Crippen LogP contribution in [-0.2, 0) is 5.75 Å². The molecule has 0 unspecified atom stereocenters. The molecule has 1 saturated carbocycles. The second kappa shape index (κ2) is 5.07. The zero-order valence-corrected chi connectivity index (χ0v) is 11.7. The van der Waals surface area contributed by atoms with E-state index in [9.17, 15) is 0 Å². The highest BCUT2D eigenvalue weighted by Crippen LogP contribution is 2.37. The summed E-state index contributed by atoms with van der Waals surface area (Å²) in [4.78, 5) is 0. The maximum atomic E-state index is 5.98. The van der Waals surface area contributed by atoms with Crippen LogP contribution in [0.15, 0.2) is 23.4 Å². The fourth-order valence-corrected chi connectivity index (χ4v) is 2.81. The van der Waals surface area contributed by atoms with Crippen molar-refractivity contribution in [2.45, 2.75) is 29.8 Å². The molecule has 0 aliphatic heterocycles. The van der Waals surface area contributed by atoms with Gasteiger partial charge in [0, 0.05) is 5.75 Å². The molecule has 1 aromatic carbocycles. The first-order chi connectivity index (χ1) is 8.74. The molecule has 94 valence electrons. The number of thioether (sulfide) groups is 1. The standard InChI is InChI=1S/C11H10Cl2N4S/c12-9-4-1-7(5-10(9)13)6-18-11-14-15-16-17(11)8-2-3-8/h1,4-5,8H,2-3,6H2. The lowest BCUT2D eigenvalue weighted by Gasteiger charge is -2.03. The van der Waals surface area contributed by atoms with Gasteiger partial charge in [-0.2, -0.15) is 0 Å². The Labute approximate surface area is 119 Å². The van der Waals surface area contributed by atoms with Gasteiger partial charge < -0.3 is 0 Å². The molecule has 7 heteroatoms. The Morgan fingerprint density at radius 1 is 1.28 bits per heavy atom. The molecule has 0 radical (unpaired) electrons. The molecule has 1 aliphatic carbocycles. The number of nitrogens with zero attached hydrogens (tertiary/aromatic N) is 4. The van der Waals surface area contributed by atoms with Crippen molar-refractivity contribution in [1.82, 2.24) is 20.2 Å². The number of aromatic nitrogens is 4. The SMILES string of the molecule is Clc1ccc(CSc2nnnn2C2CC2)cc1Cl. The van der Waals surface area contributed by atoms with E-state index in [1.54, 1.807) is 11.8 Å². The van der Waals surface area contributed by atoms with E-state index in [2.05, 4.69) is 15.5 Å². The van der Waals surface area contributed by atoms with Crippen molar-refractivity contribution in [3.8, 4) is 0 Å². The van der Waals surface area contributed by atoms with Crippen molar-refractivity contribution >= 4 is 35.0 Å². The minimum absolute atomic E-state index is 0.497. The Morgan fingerprint density at radius 3 is 2.83 bits per heavy atom. The predicted molar refractivity (Wildman–Crippen MR) is 72.1 cm³/mol. The lowest BCUT2D eigenvalue weighted by Crippen LogP contribution is -1.98. The molecule has 0 bridgehead atoms. The van der Waals surface area contributed by atoms with Crippen LogP contribution < -0.4 is 0 Å². The molecule has 1 heterocycles. The average molecular weight is 301 g/mol. The second-order valence-corrected chi connectivity index (χ2v) is 5.93. The summed E-state index contributed by atoms with van der Waals surface area (Å²) in [7, 11) is 0. The third kappa shape index (κ3) is 2.63. The van der Waals surface area contributed by atoms with E-state index in [0.29, 0.717) is 16.1 Å². The fraction of sp³-hybridized carbons (Fsp3) is 0.364. The molecule has 1 aromatic heterocycles. The van der Waals surface area contributed by atoms with Gasteiger partial charge in [0.2, 0.25) is 5.16 Å². The molecular formula is C11H10Cl2N4S. The van der Waals surface area contributed by atoms with E-state index in [-0.39, 0.29) is 0 Å². The predicted octanol–water partition coefficient (Wildman–Crippen LogP) is 3.61. The van der Waals surface area contributed by atoms with E-state index in [0.717, 1.165) is 16.5 Å². The van der Waals surface area contributed by atoms with Crippen molar-refractivity contribution in [3.05, 3.63) is 33.8 Å². The number of rotatable bonds is 4. The van der Waals surface area contributed by atoms with E-state index in [1.165, 1.54) is 12.8 Å². The lowest BCUT2D eigenvalue weighted by molar-refractivity contribution is 0.565. The highest BCUT2D eigenvalue weighted by molar-refractivity contribution is 7.98. The van der Waals surface area contributed by atoms with Crippen LogP contribution >= 0.6 is 35.0 Å². The van der Waals surface area contributed by atoms with Crippen LogP contribution in [0, 0.1) is 0 Å². The Balaban J connectivity index is 1.69. The summed E-state index contributed by atoms with van der Waals surface area (Å²) >= 11 is 13.5. The Kier molecular flexibility index (Phi) is 3.46. The summed E-state index contributed by atoms with van der Waals surface area (Å²) in [6.45, 7) is 0. The van der Waals surface area contributed by atoms with Crippen LogP contribution in [0.4, 0.5) is 0 Å². The van der Waals surface area contributed by atoms with Crippen LogP contribution in [0.3, 0.4) is 0 Å².